The van der Waals surface area contributed by atoms with Gasteiger partial charge < -0.3 is 0 Å². The summed E-state index contributed by atoms with van der Waals surface area (Å²) in [5.41, 5.74) is 0.833. The van der Waals surface area contributed by atoms with Gasteiger partial charge in [-0.3, -0.25) is 0 Å². The van der Waals surface area contributed by atoms with Crippen LogP contribution in [0.2, 0.25) is 0 Å². The summed E-state index contributed by atoms with van der Waals surface area (Å²) >= 11 is 0. The Bertz CT molecular complexity index is 717. The molecule has 0 saturated heterocycles. The van der Waals surface area contributed by atoms with Crippen LogP contribution in [-0.4, -0.2) is 33.2 Å². The zero-order chi connectivity index (χ0) is 15.4. The molecule has 0 heterocycles. The first-order chi connectivity index (χ1) is 9.25. The Morgan fingerprint density at radius 2 is 1.70 bits per heavy atom. The van der Waals surface area contributed by atoms with Gasteiger partial charge in [0.2, 0.25) is 0 Å². The highest BCUT2D eigenvalue weighted by Gasteiger charge is 2.34. The molecule has 1 rings (SSSR count). The molecule has 1 aromatic carbocycles. The zero-order valence-corrected chi connectivity index (χ0v) is 12.6. The van der Waals surface area contributed by atoms with Crippen LogP contribution in [0.5, 0.6) is 0 Å². The van der Waals surface area contributed by atoms with E-state index in [0.29, 0.717) is 0 Å². The monoisotopic (exact) mass is 318 g/mol. The van der Waals surface area contributed by atoms with E-state index in [-0.39, 0.29) is 21.6 Å². The lowest BCUT2D eigenvalue weighted by Gasteiger charge is -2.18. The number of isocyanates is 1. The van der Waals surface area contributed by atoms with E-state index in [1.165, 1.54) is 12.1 Å². The maximum absolute atomic E-state index is 12.3. The van der Waals surface area contributed by atoms with Gasteiger partial charge in [0.15, 0.2) is 0 Å². The molecule has 7 nitrogen and oxygen atoms in total. The number of nitrogens with zero attached hydrogens (tertiary/aromatic N) is 2. The molecule has 0 amide bonds. The highest BCUT2D eigenvalue weighted by molar-refractivity contribution is 8.03. The molecule has 0 saturated carbocycles. The van der Waals surface area contributed by atoms with Gasteiger partial charge in [-0.25, -0.2) is 13.2 Å². The number of benzene rings is 1. The van der Waals surface area contributed by atoms with Gasteiger partial charge in [-0.15, -0.1) is 0 Å². The highest BCUT2D eigenvalue weighted by Crippen LogP contribution is 2.20. The lowest BCUT2D eigenvalue weighted by atomic mass is 10.2. The van der Waals surface area contributed by atoms with Crippen molar-refractivity contribution in [2.75, 3.05) is 6.54 Å². The summed E-state index contributed by atoms with van der Waals surface area (Å²) in [7, 11) is -8.89. The van der Waals surface area contributed by atoms with Crippen molar-refractivity contribution in [1.82, 2.24) is 3.71 Å². The summed E-state index contributed by atoms with van der Waals surface area (Å²) in [6.45, 7) is 3.08. The first-order valence-corrected chi connectivity index (χ1v) is 8.53. The van der Waals surface area contributed by atoms with Gasteiger partial charge in [0.05, 0.1) is 4.90 Å². The smallest absolute Gasteiger partial charge is 0.210 e. The maximum Gasteiger partial charge on any atom is 0.346 e. The molecule has 0 N–H and O–H groups in total. The molecule has 1 aromatic rings. The standard InChI is InChI=1S/C11H14N2O5S2/c1-3-8-13(20(17,18)12-9-14)19(15,16)11-6-4-10(2)5-7-11/h4-7H,3,8H2,1-2H3. The fourth-order valence-electron chi connectivity index (χ4n) is 1.46. The first kappa shape index (κ1) is 16.5. The number of aryl methyl sites for hydroxylation is 1. The van der Waals surface area contributed by atoms with E-state index in [4.69, 9.17) is 0 Å². The van der Waals surface area contributed by atoms with Crippen LogP contribution in [0.4, 0.5) is 0 Å². The van der Waals surface area contributed by atoms with E-state index in [9.17, 15) is 21.6 Å². The summed E-state index contributed by atoms with van der Waals surface area (Å²) in [6.07, 6.45) is 1.11. The first-order valence-electron chi connectivity index (χ1n) is 5.69. The summed E-state index contributed by atoms with van der Waals surface area (Å²) in [4.78, 5) is 9.97. The number of rotatable bonds is 6. The average molecular weight is 318 g/mol. The summed E-state index contributed by atoms with van der Waals surface area (Å²) in [5.74, 6) is 0. The quantitative estimate of drug-likeness (QED) is 0.575. The molecule has 20 heavy (non-hydrogen) atoms. The molecular weight excluding hydrogens is 304 g/mol. The minimum absolute atomic E-state index is 0.179. The second kappa shape index (κ2) is 6.27. The third-order valence-corrected chi connectivity index (χ3v) is 6.15. The Hall–Kier alpha value is -1.54. The molecular formula is C11H14N2O5S2. The highest BCUT2D eigenvalue weighted by atomic mass is 32.3. The number of sulfonamides is 1. The molecule has 9 heteroatoms. The third kappa shape index (κ3) is 3.51. The Morgan fingerprint density at radius 3 is 2.15 bits per heavy atom. The van der Waals surface area contributed by atoms with Gasteiger partial charge in [-0.05, 0) is 25.5 Å². The van der Waals surface area contributed by atoms with Crippen molar-refractivity contribution in [2.24, 2.45) is 4.40 Å². The fraction of sp³-hybridized carbons (Fsp3) is 0.364. The molecule has 0 spiro atoms. The van der Waals surface area contributed by atoms with Crippen molar-refractivity contribution in [3.63, 3.8) is 0 Å². The average Bonchev–Trinajstić information content (AvgIpc) is 2.36. The molecule has 110 valence electrons. The van der Waals surface area contributed by atoms with Gasteiger partial charge in [-0.2, -0.15) is 8.42 Å². The predicted octanol–water partition coefficient (Wildman–Crippen LogP) is 0.976. The lowest BCUT2D eigenvalue weighted by Crippen LogP contribution is -2.36. The van der Waals surface area contributed by atoms with Crippen molar-refractivity contribution in [2.45, 2.75) is 25.2 Å². The van der Waals surface area contributed by atoms with Crippen molar-refractivity contribution in [3.05, 3.63) is 29.8 Å². The summed E-state index contributed by atoms with van der Waals surface area (Å²) < 4.78 is 50.9. The lowest BCUT2D eigenvalue weighted by molar-refractivity contribution is 0.495. The second-order valence-electron chi connectivity index (χ2n) is 3.97. The molecule has 0 radical (unpaired) electrons. The Kier molecular flexibility index (Phi) is 5.18. The van der Waals surface area contributed by atoms with Crippen molar-refractivity contribution < 1.29 is 21.6 Å². The van der Waals surface area contributed by atoms with Crippen LogP contribution in [0, 0.1) is 6.92 Å². The molecule has 0 bridgehead atoms. The van der Waals surface area contributed by atoms with Crippen LogP contribution in [0.3, 0.4) is 0 Å². The third-order valence-electron chi connectivity index (χ3n) is 2.40. The van der Waals surface area contributed by atoms with Gasteiger partial charge in [0, 0.05) is 6.54 Å². The van der Waals surface area contributed by atoms with E-state index in [1.807, 2.05) is 0 Å². The van der Waals surface area contributed by atoms with Gasteiger partial charge in [-0.1, -0.05) is 32.7 Å². The van der Waals surface area contributed by atoms with E-state index in [1.54, 1.807) is 26.0 Å². The zero-order valence-electron chi connectivity index (χ0n) is 11.0. The topological polar surface area (TPSA) is 101 Å². The maximum atomic E-state index is 12.3. The van der Waals surface area contributed by atoms with Crippen LogP contribution in [0.15, 0.2) is 33.6 Å². The van der Waals surface area contributed by atoms with E-state index < -0.39 is 20.2 Å². The normalized spacial score (nSPS) is 12.2. The summed E-state index contributed by atoms with van der Waals surface area (Å²) in [6, 6.07) is 5.69. The Labute approximate surface area is 118 Å². The fourth-order valence-corrected chi connectivity index (χ4v) is 4.55. The van der Waals surface area contributed by atoms with Crippen molar-refractivity contribution >= 4 is 26.3 Å². The minimum Gasteiger partial charge on any atom is -0.210 e. The SMILES string of the molecule is CCCN(S(=O)(=O)N=C=O)S(=O)(=O)c1ccc(C)cc1. The van der Waals surface area contributed by atoms with Crippen molar-refractivity contribution in [3.8, 4) is 0 Å². The Morgan fingerprint density at radius 1 is 1.15 bits per heavy atom. The number of carbonyl (C=O) groups excluding carboxylic acids is 1. The molecule has 0 aliphatic carbocycles. The molecule has 0 aromatic heterocycles. The Balaban J connectivity index is 3.40. The number of hydrogen-bond donors (Lipinski definition) is 0. The van der Waals surface area contributed by atoms with Crippen LogP contribution < -0.4 is 0 Å². The van der Waals surface area contributed by atoms with E-state index >= 15 is 0 Å². The van der Waals surface area contributed by atoms with Gasteiger partial charge >= 0.3 is 10.2 Å². The van der Waals surface area contributed by atoms with Crippen LogP contribution >= 0.6 is 0 Å². The largest absolute Gasteiger partial charge is 0.346 e. The van der Waals surface area contributed by atoms with Gasteiger partial charge in [0.25, 0.3) is 16.1 Å². The minimum atomic E-state index is -4.60. The van der Waals surface area contributed by atoms with E-state index in [2.05, 4.69) is 4.40 Å². The molecule has 0 atom stereocenters. The van der Waals surface area contributed by atoms with Crippen LogP contribution in [-0.2, 0) is 25.0 Å². The second-order valence-corrected chi connectivity index (χ2v) is 7.59. The molecule has 0 aliphatic heterocycles. The molecule has 0 unspecified atom stereocenters. The summed E-state index contributed by atoms with van der Waals surface area (Å²) in [5, 5.41) is 0. The van der Waals surface area contributed by atoms with Gasteiger partial charge in [0.1, 0.15) is 0 Å². The van der Waals surface area contributed by atoms with Crippen LogP contribution in [0.1, 0.15) is 18.9 Å². The van der Waals surface area contributed by atoms with Crippen molar-refractivity contribution in [1.29, 1.82) is 0 Å². The number of hydrogen-bond acceptors (Lipinski definition) is 5. The molecule has 0 fully saturated rings. The molecule has 0 aliphatic rings. The predicted molar refractivity (Wildman–Crippen MR) is 72.4 cm³/mol. The van der Waals surface area contributed by atoms with Crippen LogP contribution in [0.25, 0.3) is 0 Å². The van der Waals surface area contributed by atoms with E-state index in [0.717, 1.165) is 11.6 Å².